The third kappa shape index (κ3) is 6.81. The molecule has 0 fully saturated rings. The van der Waals surface area contributed by atoms with Crippen LogP contribution in [0.1, 0.15) is 18.9 Å². The second-order valence-corrected chi connectivity index (χ2v) is 20.8. The fourth-order valence-electron chi connectivity index (χ4n) is 3.00. The molecule has 0 aromatic heterocycles. The molecule has 4 nitrogen and oxygen atoms in total. The molecule has 2 aromatic rings. The van der Waals surface area contributed by atoms with Crippen molar-refractivity contribution in [1.82, 2.24) is 0 Å². The van der Waals surface area contributed by atoms with E-state index < -0.39 is 40.4 Å². The Morgan fingerprint density at radius 3 is 1.29 bits per heavy atom. The molecule has 2 rings (SSSR count). The van der Waals surface area contributed by atoms with E-state index in [1.807, 2.05) is 60.7 Å². The fourth-order valence-corrected chi connectivity index (χ4v) is 10.2. The van der Waals surface area contributed by atoms with Crippen molar-refractivity contribution in [2.24, 2.45) is 0 Å². The number of ether oxygens (including phenoxy) is 2. The molecule has 0 aliphatic heterocycles. The van der Waals surface area contributed by atoms with Crippen molar-refractivity contribution in [3.05, 3.63) is 71.8 Å². The Hall–Kier alpha value is -0.984. The van der Waals surface area contributed by atoms with Crippen molar-refractivity contribution in [3.8, 4) is 0 Å². The first kappa shape index (κ1) is 23.3. The van der Waals surface area contributed by atoms with Crippen LogP contribution < -0.4 is 0 Å². The van der Waals surface area contributed by atoms with E-state index in [-0.39, 0.29) is 32.9 Å². The molecule has 0 bridgehead atoms. The third-order valence-corrected chi connectivity index (χ3v) is 13.1. The van der Waals surface area contributed by atoms with Gasteiger partial charge in [-0.25, -0.2) is 0 Å². The number of esters is 2. The standard InChI is InChI=1S/C18H16O4.4CH3.2Sb/c19-17(13-15-7-3-1-4-8-15)21-11-12-22-18(20)14-16-9-5-2-6-10-16;;;;;;/h1-10,13-14H,11-12H2;4*1H3;;. The summed E-state index contributed by atoms with van der Waals surface area (Å²) in [6.45, 7) is 0.211. The number of carbonyl (C=O) groups is 2. The van der Waals surface area contributed by atoms with Gasteiger partial charge in [0.2, 0.25) is 0 Å². The number of benzene rings is 2. The summed E-state index contributed by atoms with van der Waals surface area (Å²) in [5, 5.41) is 0. The van der Waals surface area contributed by atoms with Crippen LogP contribution >= 0.6 is 0 Å². The van der Waals surface area contributed by atoms with E-state index in [1.165, 1.54) is 0 Å². The molecule has 0 aliphatic rings. The molecule has 0 N–H and O–H groups in total. The van der Waals surface area contributed by atoms with Gasteiger partial charge in [-0.2, -0.15) is 0 Å². The van der Waals surface area contributed by atoms with Gasteiger partial charge in [0.25, 0.3) is 0 Å². The van der Waals surface area contributed by atoms with Crippen LogP contribution in [0.2, 0.25) is 19.5 Å². The number of carbonyl (C=O) groups excluding carboxylic acids is 2. The summed E-state index contributed by atoms with van der Waals surface area (Å²) in [4.78, 5) is 33.9. The fraction of sp³-hybridized carbons (Fsp3) is 0.364. The molecule has 0 heterocycles. The number of rotatable bonds is 9. The van der Waals surface area contributed by atoms with Crippen LogP contribution in [0.5, 0.6) is 0 Å². The van der Waals surface area contributed by atoms with E-state index in [2.05, 4.69) is 19.5 Å². The van der Waals surface area contributed by atoms with E-state index in [0.717, 1.165) is 11.1 Å². The van der Waals surface area contributed by atoms with Gasteiger partial charge in [-0.3, -0.25) is 0 Å². The predicted octanol–water partition coefficient (Wildman–Crippen LogP) is 4.23. The minimum absolute atomic E-state index is 0.105. The molecule has 2 unspecified atom stereocenters. The van der Waals surface area contributed by atoms with Gasteiger partial charge in [0.05, 0.1) is 0 Å². The van der Waals surface area contributed by atoms with Gasteiger partial charge >= 0.3 is 184 Å². The van der Waals surface area contributed by atoms with E-state index in [0.29, 0.717) is 0 Å². The second-order valence-electron chi connectivity index (χ2n) is 6.89. The van der Waals surface area contributed by atoms with Crippen LogP contribution in [0.15, 0.2) is 60.7 Å². The third-order valence-electron chi connectivity index (χ3n) is 4.28. The molecule has 2 aromatic carbocycles. The molecule has 0 saturated heterocycles. The SMILES string of the molecule is [CH3][Sb]([CH3])[CH](C(=O)OCCOC(=O)[CH](c1ccccc1)[Sb]([CH3])[CH3])c1ccccc1. The van der Waals surface area contributed by atoms with Gasteiger partial charge in [-0.05, 0) is 0 Å². The minimum atomic E-state index is -1.74. The van der Waals surface area contributed by atoms with Crippen LogP contribution in [0.25, 0.3) is 0 Å². The van der Waals surface area contributed by atoms with Crippen molar-refractivity contribution in [2.75, 3.05) is 13.2 Å². The molecule has 150 valence electrons. The molecule has 28 heavy (non-hydrogen) atoms. The molecule has 0 amide bonds. The first-order valence-corrected chi connectivity index (χ1v) is 22.3. The normalized spacial score (nSPS) is 13.2. The van der Waals surface area contributed by atoms with Crippen molar-refractivity contribution in [1.29, 1.82) is 0 Å². The van der Waals surface area contributed by atoms with Gasteiger partial charge in [-0.15, -0.1) is 0 Å². The van der Waals surface area contributed by atoms with Crippen molar-refractivity contribution < 1.29 is 19.1 Å². The van der Waals surface area contributed by atoms with Gasteiger partial charge in [0.1, 0.15) is 0 Å². The van der Waals surface area contributed by atoms with Gasteiger partial charge in [0, 0.05) is 0 Å². The average molecular weight is 600 g/mol. The molecular weight excluding hydrogens is 572 g/mol. The zero-order valence-corrected chi connectivity index (χ0v) is 22.0. The molecule has 0 saturated carbocycles. The molecule has 2 atom stereocenters. The Balaban J connectivity index is 1.88. The maximum atomic E-state index is 12.6. The monoisotopic (exact) mass is 598 g/mol. The molecule has 0 radical (unpaired) electrons. The summed E-state index contributed by atoms with van der Waals surface area (Å²) >= 11 is -3.47. The summed E-state index contributed by atoms with van der Waals surface area (Å²) in [6.07, 6.45) is 0. The Labute approximate surface area is 182 Å². The van der Waals surface area contributed by atoms with Crippen LogP contribution in [0, 0.1) is 0 Å². The molecule has 0 aliphatic carbocycles. The average Bonchev–Trinajstić information content (AvgIpc) is 2.66. The number of hydrogen-bond donors (Lipinski definition) is 0. The molecule has 6 heteroatoms. The van der Waals surface area contributed by atoms with Crippen LogP contribution in [0.3, 0.4) is 0 Å². The van der Waals surface area contributed by atoms with Crippen LogP contribution in [-0.2, 0) is 19.1 Å². The van der Waals surface area contributed by atoms with Gasteiger partial charge in [-0.1, -0.05) is 0 Å². The van der Waals surface area contributed by atoms with Crippen molar-refractivity contribution >= 4 is 52.4 Å². The quantitative estimate of drug-likeness (QED) is 0.246. The Morgan fingerprint density at radius 2 is 1.00 bits per heavy atom. The first-order chi connectivity index (χ1) is 13.4. The Kier molecular flexibility index (Phi) is 9.89. The summed E-state index contributed by atoms with van der Waals surface area (Å²) in [5.74, 6) is -0.396. The summed E-state index contributed by atoms with van der Waals surface area (Å²) in [7, 11) is 0. The summed E-state index contributed by atoms with van der Waals surface area (Å²) in [5.41, 5.74) is 2.05. The topological polar surface area (TPSA) is 52.6 Å². The zero-order valence-electron chi connectivity index (χ0n) is 16.9. The predicted molar refractivity (Wildman–Crippen MR) is 115 cm³/mol. The second kappa shape index (κ2) is 11.9. The van der Waals surface area contributed by atoms with Crippen LogP contribution in [0.4, 0.5) is 0 Å². The van der Waals surface area contributed by atoms with Crippen LogP contribution in [-0.4, -0.2) is 65.6 Å². The summed E-state index contributed by atoms with van der Waals surface area (Å²) < 4.78 is 10.6. The number of hydrogen-bond acceptors (Lipinski definition) is 4. The maximum absolute atomic E-state index is 12.6. The van der Waals surface area contributed by atoms with E-state index in [9.17, 15) is 9.59 Å². The van der Waals surface area contributed by atoms with Crippen molar-refractivity contribution in [2.45, 2.75) is 27.2 Å². The zero-order chi connectivity index (χ0) is 20.5. The van der Waals surface area contributed by atoms with E-state index in [1.54, 1.807) is 0 Å². The van der Waals surface area contributed by atoms with Crippen molar-refractivity contribution in [3.63, 3.8) is 0 Å². The molecule has 0 spiro atoms. The van der Waals surface area contributed by atoms with E-state index >= 15 is 0 Å². The first-order valence-electron chi connectivity index (χ1n) is 9.18. The Bertz CT molecular complexity index is 682. The van der Waals surface area contributed by atoms with Gasteiger partial charge < -0.3 is 0 Å². The molecular formula is C22H28O4Sb2. The van der Waals surface area contributed by atoms with E-state index in [4.69, 9.17) is 9.47 Å². The summed E-state index contributed by atoms with van der Waals surface area (Å²) in [6, 6.07) is 19.6. The Morgan fingerprint density at radius 1 is 0.679 bits per heavy atom. The van der Waals surface area contributed by atoms with Gasteiger partial charge in [0.15, 0.2) is 0 Å².